The maximum atomic E-state index is 13.3. The zero-order chi connectivity index (χ0) is 25.8. The van der Waals surface area contributed by atoms with Gasteiger partial charge in [0.1, 0.15) is 29.7 Å². The van der Waals surface area contributed by atoms with Gasteiger partial charge in [0.15, 0.2) is 0 Å². The van der Waals surface area contributed by atoms with Gasteiger partial charge in [0.25, 0.3) is 0 Å². The lowest BCUT2D eigenvalue weighted by atomic mass is 9.98. The first-order chi connectivity index (χ1) is 16.6. The number of pyridine rings is 1. The first-order valence-corrected chi connectivity index (χ1v) is 12.8. The molecule has 7 nitrogen and oxygen atoms in total. The lowest BCUT2D eigenvalue weighted by Gasteiger charge is -2.38. The smallest absolute Gasteiger partial charge is 0.388 e. The predicted molar refractivity (Wildman–Crippen MR) is 129 cm³/mol. The molecule has 1 fully saturated rings. The number of nitrogens with one attached hydrogen (secondary N) is 1. The average Bonchev–Trinajstić information content (AvgIpc) is 2.78. The van der Waals surface area contributed by atoms with Crippen LogP contribution in [0.25, 0.3) is 0 Å². The van der Waals surface area contributed by atoms with Gasteiger partial charge in [-0.2, -0.15) is 13.2 Å². The van der Waals surface area contributed by atoms with Crippen LogP contribution in [0.3, 0.4) is 0 Å². The topological polar surface area (TPSA) is 110 Å². The fourth-order valence-corrected chi connectivity index (χ4v) is 4.33. The summed E-state index contributed by atoms with van der Waals surface area (Å²) in [6.07, 6.45) is 3.20. The summed E-state index contributed by atoms with van der Waals surface area (Å²) in [5.74, 6) is -0.523. The maximum Gasteiger partial charge on any atom is 0.421 e. The summed E-state index contributed by atoms with van der Waals surface area (Å²) in [5, 5.41) is 22.8. The van der Waals surface area contributed by atoms with Crippen molar-refractivity contribution in [3.63, 3.8) is 0 Å². The molecule has 0 saturated carbocycles. The van der Waals surface area contributed by atoms with E-state index in [2.05, 4.69) is 10.3 Å². The minimum absolute atomic E-state index is 0.0910. The predicted octanol–water partition coefficient (Wildman–Crippen LogP) is 4.53. The van der Waals surface area contributed by atoms with Gasteiger partial charge in [-0.15, -0.1) is 0 Å². The average molecular weight is 526 g/mol. The number of rotatable bonds is 15. The number of aliphatic hydroxyl groups is 2. The van der Waals surface area contributed by atoms with Gasteiger partial charge in [-0.3, -0.25) is 0 Å². The molecule has 11 heteroatoms. The van der Waals surface area contributed by atoms with E-state index in [0.717, 1.165) is 37.9 Å². The van der Waals surface area contributed by atoms with Crippen molar-refractivity contribution in [3.8, 4) is 0 Å². The summed E-state index contributed by atoms with van der Waals surface area (Å²) in [4.78, 5) is 3.70. The minimum Gasteiger partial charge on any atom is -0.388 e. The normalized spacial score (nSPS) is 23.9. The van der Waals surface area contributed by atoms with Crippen LogP contribution >= 0.6 is 11.6 Å². The highest BCUT2D eigenvalue weighted by atomic mass is 35.5. The molecule has 1 unspecified atom stereocenters. The second kappa shape index (κ2) is 15.2. The first-order valence-electron chi connectivity index (χ1n) is 12.4. The number of hydrogen-bond acceptors (Lipinski definition) is 7. The summed E-state index contributed by atoms with van der Waals surface area (Å²) in [6, 6.07) is 0.331. The van der Waals surface area contributed by atoms with Crippen LogP contribution in [0.15, 0.2) is 12.3 Å². The Hall–Kier alpha value is -1.17. The van der Waals surface area contributed by atoms with Crippen molar-refractivity contribution in [2.75, 3.05) is 25.1 Å². The van der Waals surface area contributed by atoms with E-state index in [1.165, 1.54) is 32.1 Å². The number of hydrogen-bond donors (Lipinski definition) is 4. The molecule has 202 valence electrons. The van der Waals surface area contributed by atoms with Crippen LogP contribution < -0.4 is 11.1 Å². The number of aromatic nitrogens is 1. The molecule has 2 rings (SSSR count). The lowest BCUT2D eigenvalue weighted by molar-refractivity contribution is -0.160. The molecule has 1 aliphatic rings. The highest BCUT2D eigenvalue weighted by molar-refractivity contribution is 6.31. The Morgan fingerprint density at radius 2 is 1.77 bits per heavy atom. The molecule has 1 aliphatic heterocycles. The number of aliphatic hydroxyl groups excluding tert-OH is 2. The van der Waals surface area contributed by atoms with Crippen molar-refractivity contribution in [2.24, 2.45) is 5.73 Å². The van der Waals surface area contributed by atoms with Gasteiger partial charge in [-0.1, -0.05) is 56.5 Å². The van der Waals surface area contributed by atoms with E-state index in [4.69, 9.17) is 26.8 Å². The van der Waals surface area contributed by atoms with Crippen LogP contribution in [-0.4, -0.2) is 65.4 Å². The molecule has 0 radical (unpaired) electrons. The van der Waals surface area contributed by atoms with Crippen LogP contribution in [-0.2, 0) is 15.7 Å². The molecule has 0 spiro atoms. The summed E-state index contributed by atoms with van der Waals surface area (Å²) in [6.45, 7) is 2.52. The van der Waals surface area contributed by atoms with Crippen molar-refractivity contribution < 1.29 is 32.9 Å². The molecule has 0 aliphatic carbocycles. The third-order valence-electron chi connectivity index (χ3n) is 6.12. The van der Waals surface area contributed by atoms with Crippen molar-refractivity contribution in [1.29, 1.82) is 0 Å². The molecule has 0 aromatic carbocycles. The van der Waals surface area contributed by atoms with Crippen LogP contribution in [0.4, 0.5) is 19.0 Å². The number of anilines is 1. The summed E-state index contributed by atoms with van der Waals surface area (Å²) < 4.78 is 51.1. The van der Waals surface area contributed by atoms with Crippen LogP contribution in [0.1, 0.15) is 70.3 Å². The Morgan fingerprint density at radius 3 is 2.40 bits per heavy atom. The molecule has 35 heavy (non-hydrogen) atoms. The van der Waals surface area contributed by atoms with Crippen molar-refractivity contribution >= 4 is 17.4 Å². The van der Waals surface area contributed by atoms with Crippen LogP contribution in [0.2, 0.25) is 5.02 Å². The van der Waals surface area contributed by atoms with Crippen LogP contribution in [0, 0.1) is 0 Å². The van der Waals surface area contributed by atoms with Crippen molar-refractivity contribution in [3.05, 3.63) is 22.8 Å². The van der Waals surface area contributed by atoms with Gasteiger partial charge in [0.2, 0.25) is 0 Å². The number of nitrogens with two attached hydrogens (primary N) is 1. The Morgan fingerprint density at radius 1 is 1.14 bits per heavy atom. The molecule has 1 aromatic heterocycles. The molecule has 0 amide bonds. The number of halogens is 4. The Kier molecular flexibility index (Phi) is 13.0. The maximum absolute atomic E-state index is 13.3. The molecular formula is C24H39ClF3N3O4. The van der Waals surface area contributed by atoms with Gasteiger partial charge in [-0.25, -0.2) is 4.98 Å². The Balaban J connectivity index is 1.63. The summed E-state index contributed by atoms with van der Waals surface area (Å²) >= 11 is 5.70. The fraction of sp³-hybridized carbons (Fsp3) is 0.792. The van der Waals surface area contributed by atoms with E-state index in [0.29, 0.717) is 6.61 Å². The minimum atomic E-state index is -4.73. The van der Waals surface area contributed by atoms with Gasteiger partial charge < -0.3 is 30.7 Å². The number of alkyl halides is 3. The van der Waals surface area contributed by atoms with Gasteiger partial charge in [-0.05, 0) is 25.8 Å². The lowest BCUT2D eigenvalue weighted by Crippen LogP contribution is -2.57. The highest BCUT2D eigenvalue weighted by Gasteiger charge is 2.41. The number of unbranched alkanes of at least 4 members (excludes halogenated alkanes) is 7. The standard InChI is InChI=1S/C24H39ClF3N3O4/c1-16(29)10-8-6-4-2-3-5-7-9-13-34-15-19-22(33)21(32)18(14-35-19)31-23-20(24(26,27)28)17(25)11-12-30-23/h11-12,16,18-19,21-22,32-33H,2-10,13-15,29H2,1H3,(H,30,31)/t16?,18-,19+,21+,22-/m0/s1. The van der Waals surface area contributed by atoms with Gasteiger partial charge in [0.05, 0.1) is 24.3 Å². The Labute approximate surface area is 210 Å². The fourth-order valence-electron chi connectivity index (χ4n) is 4.08. The van der Waals surface area contributed by atoms with E-state index in [1.807, 2.05) is 6.92 Å². The molecule has 5 atom stereocenters. The zero-order valence-corrected chi connectivity index (χ0v) is 21.0. The van der Waals surface area contributed by atoms with Crippen LogP contribution in [0.5, 0.6) is 0 Å². The number of nitrogens with zero attached hydrogens (tertiary/aromatic N) is 1. The molecule has 5 N–H and O–H groups in total. The molecular weight excluding hydrogens is 487 g/mol. The highest BCUT2D eigenvalue weighted by Crippen LogP contribution is 2.39. The SMILES string of the molecule is CC(N)CCCCCCCCCCOC[C@H]1OC[C@H](Nc2nccc(Cl)c2C(F)(F)F)[C@@H](O)[C@H]1O. The third kappa shape index (κ3) is 10.4. The van der Waals surface area contributed by atoms with Gasteiger partial charge in [0, 0.05) is 18.8 Å². The van der Waals surface area contributed by atoms with E-state index < -0.39 is 46.9 Å². The largest absolute Gasteiger partial charge is 0.421 e. The quantitative estimate of drug-likeness (QED) is 0.249. The Bertz CT molecular complexity index is 742. The summed E-state index contributed by atoms with van der Waals surface area (Å²) in [5.41, 5.74) is 4.61. The molecule has 2 heterocycles. The van der Waals surface area contributed by atoms with E-state index >= 15 is 0 Å². The molecule has 1 aromatic rings. The van der Waals surface area contributed by atoms with Gasteiger partial charge >= 0.3 is 6.18 Å². The zero-order valence-electron chi connectivity index (χ0n) is 20.3. The second-order valence-corrected chi connectivity index (χ2v) is 9.69. The second-order valence-electron chi connectivity index (χ2n) is 9.29. The third-order valence-corrected chi connectivity index (χ3v) is 6.43. The van der Waals surface area contributed by atoms with Crippen molar-refractivity contribution in [1.82, 2.24) is 4.98 Å². The van der Waals surface area contributed by atoms with Crippen molar-refractivity contribution in [2.45, 2.75) is 101 Å². The molecule has 1 saturated heterocycles. The monoisotopic (exact) mass is 525 g/mol. The van der Waals surface area contributed by atoms with E-state index in [9.17, 15) is 23.4 Å². The number of ether oxygens (including phenoxy) is 2. The molecule has 0 bridgehead atoms. The van der Waals surface area contributed by atoms with E-state index in [-0.39, 0.29) is 19.3 Å². The van der Waals surface area contributed by atoms with E-state index in [1.54, 1.807) is 0 Å². The summed E-state index contributed by atoms with van der Waals surface area (Å²) in [7, 11) is 0. The first kappa shape index (κ1) is 30.1.